The fourth-order valence-corrected chi connectivity index (χ4v) is 3.59. The Morgan fingerprint density at radius 3 is 2.48 bits per heavy atom. The summed E-state index contributed by atoms with van der Waals surface area (Å²) in [6.45, 7) is 7.42. The number of hydrogen-bond acceptors (Lipinski definition) is 6. The third-order valence-electron chi connectivity index (χ3n) is 4.97. The molecule has 168 valence electrons. The zero-order valence-corrected chi connectivity index (χ0v) is 19.3. The predicted octanol–water partition coefficient (Wildman–Crippen LogP) is 1.65. The quantitative estimate of drug-likeness (QED) is 0.651. The fraction of sp³-hybridized carbons (Fsp3) is 0.526. The van der Waals surface area contributed by atoms with Crippen LogP contribution in [0.3, 0.4) is 0 Å². The van der Waals surface area contributed by atoms with Crippen molar-refractivity contribution in [2.75, 3.05) is 38.1 Å². The van der Waals surface area contributed by atoms with Gasteiger partial charge in [0.1, 0.15) is 12.6 Å². The Bertz CT molecular complexity index is 949. The number of amides is 3. The first-order valence-corrected chi connectivity index (χ1v) is 10.8. The Morgan fingerprint density at radius 1 is 1.19 bits per heavy atom. The molecule has 0 spiro atoms. The number of hydrogen-bond donors (Lipinski definition) is 1. The van der Waals surface area contributed by atoms with Crippen LogP contribution in [0.15, 0.2) is 23.1 Å². The number of anilines is 1. The van der Waals surface area contributed by atoms with Crippen molar-refractivity contribution in [1.82, 2.24) is 29.4 Å². The van der Waals surface area contributed by atoms with Gasteiger partial charge in [-0.05, 0) is 36.7 Å². The van der Waals surface area contributed by atoms with Crippen molar-refractivity contribution in [1.29, 1.82) is 0 Å². The first kappa shape index (κ1) is 22.8. The molecule has 3 rings (SSSR count). The number of piperazine rings is 1. The molecule has 0 radical (unpaired) electrons. The fourth-order valence-electron chi connectivity index (χ4n) is 3.27. The molecule has 3 amide bonds. The number of carbonyl (C=O) groups is 3. The highest BCUT2D eigenvalue weighted by molar-refractivity contribution is 9.10. The minimum atomic E-state index is -0.541. The number of nitrogens with one attached hydrogen (secondary N) is 1. The molecule has 1 N–H and O–H groups in total. The van der Waals surface area contributed by atoms with Gasteiger partial charge in [0.2, 0.25) is 11.8 Å². The third kappa shape index (κ3) is 5.63. The van der Waals surface area contributed by atoms with E-state index >= 15 is 0 Å². The summed E-state index contributed by atoms with van der Waals surface area (Å²) in [7, 11) is 0. The first-order valence-electron chi connectivity index (χ1n) is 10.0. The molecule has 1 fully saturated rings. The summed E-state index contributed by atoms with van der Waals surface area (Å²) >= 11 is 3.29. The van der Waals surface area contributed by atoms with Crippen LogP contribution in [0, 0.1) is 6.92 Å². The molecule has 31 heavy (non-hydrogen) atoms. The topological polar surface area (TPSA) is 115 Å². The van der Waals surface area contributed by atoms with E-state index in [-0.39, 0.29) is 24.5 Å². The highest BCUT2D eigenvalue weighted by Crippen LogP contribution is 2.19. The Balaban J connectivity index is 1.57. The van der Waals surface area contributed by atoms with Crippen LogP contribution in [-0.2, 0) is 20.9 Å². The molecule has 1 aliphatic heterocycles. The van der Waals surface area contributed by atoms with Gasteiger partial charge < -0.3 is 19.9 Å². The van der Waals surface area contributed by atoms with Gasteiger partial charge in [-0.3, -0.25) is 19.0 Å². The second-order valence-electron chi connectivity index (χ2n) is 7.20. The molecule has 12 heteroatoms. The zero-order chi connectivity index (χ0) is 22.5. The molecular formula is C19H26BrN7O4. The Labute approximate surface area is 188 Å². The normalized spacial score (nSPS) is 15.0. The molecular weight excluding hydrogens is 470 g/mol. The van der Waals surface area contributed by atoms with Gasteiger partial charge in [-0.15, -0.1) is 0 Å². The van der Waals surface area contributed by atoms with Crippen molar-refractivity contribution >= 4 is 39.5 Å². The van der Waals surface area contributed by atoms with E-state index < -0.39 is 6.04 Å². The second-order valence-corrected chi connectivity index (χ2v) is 8.12. The number of ether oxygens (including phenoxy) is 1. The van der Waals surface area contributed by atoms with E-state index in [1.807, 2.05) is 0 Å². The van der Waals surface area contributed by atoms with E-state index in [0.717, 1.165) is 4.47 Å². The number of halogens is 1. The van der Waals surface area contributed by atoms with Crippen LogP contribution in [0.5, 0.6) is 0 Å². The molecule has 11 nitrogen and oxygen atoms in total. The maximum absolute atomic E-state index is 12.9. The van der Waals surface area contributed by atoms with Crippen LogP contribution >= 0.6 is 15.9 Å². The molecule has 0 saturated carbocycles. The Kier molecular flexibility index (Phi) is 7.31. The van der Waals surface area contributed by atoms with Gasteiger partial charge >= 0.3 is 6.09 Å². The molecule has 1 atom stereocenters. The standard InChI is InChI=1S/C19H26BrN7O4/c1-4-31-19(30)25-7-5-24(6-8-25)18(29)14(3)27-11-16(13(2)23-27)22-17(28)12-26-10-15(20)9-21-26/h9-11,14H,4-8,12H2,1-3H3,(H,22,28). The molecule has 0 bridgehead atoms. The lowest BCUT2D eigenvalue weighted by atomic mass is 10.2. The largest absolute Gasteiger partial charge is 0.450 e. The zero-order valence-electron chi connectivity index (χ0n) is 17.7. The van der Waals surface area contributed by atoms with Crippen LogP contribution < -0.4 is 5.32 Å². The molecule has 0 aromatic carbocycles. The summed E-state index contributed by atoms with van der Waals surface area (Å²) in [5.41, 5.74) is 1.16. The number of aryl methyl sites for hydroxylation is 1. The smallest absolute Gasteiger partial charge is 0.409 e. The van der Waals surface area contributed by atoms with Gasteiger partial charge in [-0.25, -0.2) is 4.79 Å². The maximum Gasteiger partial charge on any atom is 0.409 e. The van der Waals surface area contributed by atoms with Gasteiger partial charge in [-0.1, -0.05) is 0 Å². The summed E-state index contributed by atoms with van der Waals surface area (Å²) in [6.07, 6.45) is 4.62. The van der Waals surface area contributed by atoms with Crippen molar-refractivity contribution in [2.45, 2.75) is 33.4 Å². The van der Waals surface area contributed by atoms with E-state index in [1.54, 1.807) is 53.8 Å². The summed E-state index contributed by atoms with van der Waals surface area (Å²) in [6, 6.07) is -0.541. The first-order chi connectivity index (χ1) is 14.8. The Morgan fingerprint density at radius 2 is 1.87 bits per heavy atom. The number of nitrogens with zero attached hydrogens (tertiary/aromatic N) is 6. The minimum absolute atomic E-state index is 0.0649. The van der Waals surface area contributed by atoms with Crippen molar-refractivity contribution in [3.05, 3.63) is 28.8 Å². The number of rotatable bonds is 6. The molecule has 3 heterocycles. The summed E-state index contributed by atoms with van der Waals surface area (Å²) in [5, 5.41) is 11.3. The van der Waals surface area contributed by atoms with E-state index in [0.29, 0.717) is 44.2 Å². The third-order valence-corrected chi connectivity index (χ3v) is 5.38. The molecule has 1 aliphatic rings. The second kappa shape index (κ2) is 9.94. The lowest BCUT2D eigenvalue weighted by molar-refractivity contribution is -0.136. The molecule has 2 aromatic heterocycles. The van der Waals surface area contributed by atoms with Crippen LogP contribution in [0.2, 0.25) is 0 Å². The maximum atomic E-state index is 12.9. The summed E-state index contributed by atoms with van der Waals surface area (Å²) < 4.78 is 8.86. The number of carbonyl (C=O) groups excluding carboxylic acids is 3. The SMILES string of the molecule is CCOC(=O)N1CCN(C(=O)C(C)n2cc(NC(=O)Cn3cc(Br)cn3)c(C)n2)CC1. The van der Waals surface area contributed by atoms with Crippen LogP contribution in [0.4, 0.5) is 10.5 Å². The monoisotopic (exact) mass is 495 g/mol. The van der Waals surface area contributed by atoms with Gasteiger partial charge in [0.05, 0.1) is 28.7 Å². The molecule has 1 saturated heterocycles. The van der Waals surface area contributed by atoms with Crippen molar-refractivity contribution in [3.63, 3.8) is 0 Å². The van der Waals surface area contributed by atoms with Gasteiger partial charge in [0.25, 0.3) is 0 Å². The summed E-state index contributed by atoms with van der Waals surface area (Å²) in [5.74, 6) is -0.336. The van der Waals surface area contributed by atoms with Crippen molar-refractivity contribution < 1.29 is 19.1 Å². The van der Waals surface area contributed by atoms with Crippen molar-refractivity contribution in [2.24, 2.45) is 0 Å². The van der Waals surface area contributed by atoms with E-state index in [1.165, 1.54) is 4.68 Å². The summed E-state index contributed by atoms with van der Waals surface area (Å²) in [4.78, 5) is 40.3. The van der Waals surface area contributed by atoms with Crippen LogP contribution in [0.25, 0.3) is 0 Å². The molecule has 1 unspecified atom stereocenters. The minimum Gasteiger partial charge on any atom is -0.450 e. The van der Waals surface area contributed by atoms with E-state index in [4.69, 9.17) is 4.74 Å². The average Bonchev–Trinajstić information content (AvgIpc) is 3.32. The lowest BCUT2D eigenvalue weighted by Crippen LogP contribution is -2.52. The predicted molar refractivity (Wildman–Crippen MR) is 115 cm³/mol. The van der Waals surface area contributed by atoms with Crippen molar-refractivity contribution in [3.8, 4) is 0 Å². The highest BCUT2D eigenvalue weighted by atomic mass is 79.9. The van der Waals surface area contributed by atoms with Gasteiger partial charge in [-0.2, -0.15) is 10.2 Å². The highest BCUT2D eigenvalue weighted by Gasteiger charge is 2.29. The van der Waals surface area contributed by atoms with E-state index in [2.05, 4.69) is 31.4 Å². The van der Waals surface area contributed by atoms with E-state index in [9.17, 15) is 14.4 Å². The molecule has 2 aromatic rings. The van der Waals surface area contributed by atoms with Crippen LogP contribution in [0.1, 0.15) is 25.6 Å². The number of aromatic nitrogens is 4. The van der Waals surface area contributed by atoms with Gasteiger partial charge in [0.15, 0.2) is 0 Å². The molecule has 0 aliphatic carbocycles. The Hall–Kier alpha value is -2.89. The van der Waals surface area contributed by atoms with Gasteiger partial charge in [0, 0.05) is 38.6 Å². The lowest BCUT2D eigenvalue weighted by Gasteiger charge is -2.35. The van der Waals surface area contributed by atoms with Crippen LogP contribution in [-0.4, -0.2) is 80.1 Å². The average molecular weight is 496 g/mol.